The van der Waals surface area contributed by atoms with Crippen LogP contribution in [0, 0.1) is 6.92 Å². The van der Waals surface area contributed by atoms with E-state index in [1.165, 1.54) is 11.1 Å². The Labute approximate surface area is 153 Å². The van der Waals surface area contributed by atoms with Gasteiger partial charge >= 0.3 is 0 Å². The molecule has 4 heteroatoms. The third-order valence-corrected chi connectivity index (χ3v) is 5.47. The summed E-state index contributed by atoms with van der Waals surface area (Å²) in [6, 6.07) is 16.3. The van der Waals surface area contributed by atoms with Gasteiger partial charge in [-0.2, -0.15) is 11.8 Å². The SMILES string of the molecule is C=CCSc1ccccc1C(=O)NCCSCc1cccc(C)c1. The van der Waals surface area contributed by atoms with Crippen LogP contribution in [0.4, 0.5) is 0 Å². The minimum Gasteiger partial charge on any atom is -0.351 e. The molecule has 0 atom stereocenters. The van der Waals surface area contributed by atoms with E-state index in [4.69, 9.17) is 0 Å². The van der Waals surface area contributed by atoms with Crippen LogP contribution in [-0.2, 0) is 5.75 Å². The number of hydrogen-bond acceptors (Lipinski definition) is 3. The predicted molar refractivity (Wildman–Crippen MR) is 107 cm³/mol. The van der Waals surface area contributed by atoms with E-state index < -0.39 is 0 Å². The third kappa shape index (κ3) is 6.10. The normalized spacial score (nSPS) is 10.4. The standard InChI is InChI=1S/C20H23NOS2/c1-3-12-24-19-10-5-4-9-18(19)20(22)21-11-13-23-15-17-8-6-7-16(2)14-17/h3-10,14H,1,11-13,15H2,2H3,(H,21,22). The Kier molecular flexibility index (Phi) is 7.99. The van der Waals surface area contributed by atoms with E-state index in [1.54, 1.807) is 11.8 Å². The lowest BCUT2D eigenvalue weighted by atomic mass is 10.2. The summed E-state index contributed by atoms with van der Waals surface area (Å²) in [4.78, 5) is 13.3. The Morgan fingerprint density at radius 3 is 2.83 bits per heavy atom. The minimum atomic E-state index is -0.00156. The fourth-order valence-corrected chi connectivity index (χ4v) is 3.85. The number of aryl methyl sites for hydroxylation is 1. The highest BCUT2D eigenvalue weighted by Gasteiger charge is 2.10. The first kappa shape index (κ1) is 18.7. The Morgan fingerprint density at radius 2 is 2.04 bits per heavy atom. The molecule has 0 fully saturated rings. The molecule has 0 saturated carbocycles. The van der Waals surface area contributed by atoms with Crippen LogP contribution in [0.3, 0.4) is 0 Å². The van der Waals surface area contributed by atoms with Crippen molar-refractivity contribution in [1.29, 1.82) is 0 Å². The molecule has 0 aliphatic heterocycles. The summed E-state index contributed by atoms with van der Waals surface area (Å²) in [5.41, 5.74) is 3.36. The molecule has 0 bridgehead atoms. The summed E-state index contributed by atoms with van der Waals surface area (Å²) < 4.78 is 0. The molecule has 0 aromatic heterocycles. The van der Waals surface area contributed by atoms with E-state index in [2.05, 4.69) is 43.1 Å². The van der Waals surface area contributed by atoms with Crippen LogP contribution in [0.25, 0.3) is 0 Å². The van der Waals surface area contributed by atoms with Crippen LogP contribution in [0.2, 0.25) is 0 Å². The van der Waals surface area contributed by atoms with Gasteiger partial charge in [0.15, 0.2) is 0 Å². The lowest BCUT2D eigenvalue weighted by Gasteiger charge is -2.09. The molecule has 0 unspecified atom stereocenters. The van der Waals surface area contributed by atoms with Crippen molar-refractivity contribution in [1.82, 2.24) is 5.32 Å². The largest absolute Gasteiger partial charge is 0.351 e. The number of amides is 1. The van der Waals surface area contributed by atoms with Crippen LogP contribution in [0.15, 0.2) is 66.1 Å². The summed E-state index contributed by atoms with van der Waals surface area (Å²) in [6.45, 7) is 6.51. The average molecular weight is 358 g/mol. The summed E-state index contributed by atoms with van der Waals surface area (Å²) in [5, 5.41) is 3.01. The second-order valence-electron chi connectivity index (χ2n) is 5.39. The molecule has 0 radical (unpaired) electrons. The summed E-state index contributed by atoms with van der Waals surface area (Å²) in [7, 11) is 0. The molecule has 0 spiro atoms. The van der Waals surface area contributed by atoms with Gasteiger partial charge in [0.25, 0.3) is 5.91 Å². The Balaban J connectivity index is 1.76. The first-order chi connectivity index (χ1) is 11.7. The van der Waals surface area contributed by atoms with Gasteiger partial charge in [-0.3, -0.25) is 4.79 Å². The van der Waals surface area contributed by atoms with E-state index >= 15 is 0 Å². The monoisotopic (exact) mass is 357 g/mol. The Hall–Kier alpha value is -1.65. The summed E-state index contributed by atoms with van der Waals surface area (Å²) in [6.07, 6.45) is 1.85. The molecule has 126 valence electrons. The maximum Gasteiger partial charge on any atom is 0.252 e. The number of carbonyl (C=O) groups is 1. The Morgan fingerprint density at radius 1 is 1.21 bits per heavy atom. The van der Waals surface area contributed by atoms with Crippen molar-refractivity contribution in [3.05, 3.63) is 77.9 Å². The molecule has 0 aliphatic rings. The van der Waals surface area contributed by atoms with Crippen LogP contribution in [0.5, 0.6) is 0 Å². The lowest BCUT2D eigenvalue weighted by Crippen LogP contribution is -2.26. The Bertz CT molecular complexity index is 685. The fourth-order valence-electron chi connectivity index (χ4n) is 2.25. The zero-order valence-electron chi connectivity index (χ0n) is 14.0. The van der Waals surface area contributed by atoms with Gasteiger partial charge in [0.1, 0.15) is 0 Å². The predicted octanol–water partition coefficient (Wildman–Crippen LogP) is 4.94. The van der Waals surface area contributed by atoms with Gasteiger partial charge in [-0.15, -0.1) is 18.3 Å². The van der Waals surface area contributed by atoms with Crippen LogP contribution >= 0.6 is 23.5 Å². The highest BCUT2D eigenvalue weighted by molar-refractivity contribution is 7.99. The number of thioether (sulfide) groups is 2. The lowest BCUT2D eigenvalue weighted by molar-refractivity contribution is 0.0953. The van der Waals surface area contributed by atoms with Crippen molar-refractivity contribution < 1.29 is 4.79 Å². The van der Waals surface area contributed by atoms with Gasteiger partial charge < -0.3 is 5.32 Å². The van der Waals surface area contributed by atoms with Crippen molar-refractivity contribution in [2.75, 3.05) is 18.1 Å². The minimum absolute atomic E-state index is 0.00156. The van der Waals surface area contributed by atoms with Gasteiger partial charge in [0, 0.05) is 28.7 Å². The van der Waals surface area contributed by atoms with Crippen LogP contribution in [-0.4, -0.2) is 24.0 Å². The molecule has 0 heterocycles. The molecule has 2 rings (SSSR count). The first-order valence-corrected chi connectivity index (χ1v) is 10.1. The number of rotatable bonds is 9. The smallest absolute Gasteiger partial charge is 0.252 e. The van der Waals surface area contributed by atoms with Crippen molar-refractivity contribution in [3.63, 3.8) is 0 Å². The molecule has 0 saturated heterocycles. The van der Waals surface area contributed by atoms with E-state index in [0.717, 1.165) is 27.7 Å². The molecular weight excluding hydrogens is 334 g/mol. The zero-order valence-corrected chi connectivity index (χ0v) is 15.6. The van der Waals surface area contributed by atoms with Crippen molar-refractivity contribution >= 4 is 29.4 Å². The van der Waals surface area contributed by atoms with Gasteiger partial charge in [-0.25, -0.2) is 0 Å². The number of nitrogens with one attached hydrogen (secondary N) is 1. The van der Waals surface area contributed by atoms with Crippen LogP contribution < -0.4 is 5.32 Å². The summed E-state index contributed by atoms with van der Waals surface area (Å²) >= 11 is 3.47. The second-order valence-corrected chi connectivity index (χ2v) is 7.56. The molecule has 2 nitrogen and oxygen atoms in total. The molecular formula is C20H23NOS2. The van der Waals surface area contributed by atoms with E-state index in [1.807, 2.05) is 42.1 Å². The molecule has 0 aliphatic carbocycles. The molecule has 2 aromatic rings. The average Bonchev–Trinajstić information content (AvgIpc) is 2.60. The van der Waals surface area contributed by atoms with Crippen molar-refractivity contribution in [2.24, 2.45) is 0 Å². The maximum absolute atomic E-state index is 12.3. The molecule has 1 amide bonds. The van der Waals surface area contributed by atoms with Gasteiger partial charge in [-0.1, -0.05) is 48.0 Å². The highest BCUT2D eigenvalue weighted by atomic mass is 32.2. The van der Waals surface area contributed by atoms with E-state index in [-0.39, 0.29) is 5.91 Å². The fraction of sp³-hybridized carbons (Fsp3) is 0.250. The van der Waals surface area contributed by atoms with Gasteiger partial charge in [0.05, 0.1) is 5.56 Å². The van der Waals surface area contributed by atoms with Crippen LogP contribution in [0.1, 0.15) is 21.5 Å². The van der Waals surface area contributed by atoms with E-state index in [0.29, 0.717) is 6.54 Å². The summed E-state index contributed by atoms with van der Waals surface area (Å²) in [5.74, 6) is 2.68. The van der Waals surface area contributed by atoms with Gasteiger partial charge in [-0.05, 0) is 24.6 Å². The number of carbonyl (C=O) groups excluding carboxylic acids is 1. The molecule has 1 N–H and O–H groups in total. The second kappa shape index (κ2) is 10.3. The maximum atomic E-state index is 12.3. The zero-order chi connectivity index (χ0) is 17.2. The first-order valence-electron chi connectivity index (χ1n) is 7.95. The van der Waals surface area contributed by atoms with E-state index in [9.17, 15) is 4.79 Å². The number of benzene rings is 2. The van der Waals surface area contributed by atoms with Gasteiger partial charge in [0.2, 0.25) is 0 Å². The highest BCUT2D eigenvalue weighted by Crippen LogP contribution is 2.22. The van der Waals surface area contributed by atoms with Crippen molar-refractivity contribution in [2.45, 2.75) is 17.6 Å². The number of hydrogen-bond donors (Lipinski definition) is 1. The third-order valence-electron chi connectivity index (χ3n) is 3.37. The topological polar surface area (TPSA) is 29.1 Å². The molecule has 2 aromatic carbocycles. The quantitative estimate of drug-likeness (QED) is 0.392. The molecule has 24 heavy (non-hydrogen) atoms. The van der Waals surface area contributed by atoms with Crippen molar-refractivity contribution in [3.8, 4) is 0 Å².